The van der Waals surface area contributed by atoms with Crippen LogP contribution in [0, 0.1) is 5.82 Å². The molecule has 16 heavy (non-hydrogen) atoms. The summed E-state index contributed by atoms with van der Waals surface area (Å²) in [5, 5.41) is 17.3. The van der Waals surface area contributed by atoms with E-state index in [0.717, 1.165) is 0 Å². The van der Waals surface area contributed by atoms with Gasteiger partial charge in [-0.25, -0.2) is 9.07 Å². The first kappa shape index (κ1) is 11.2. The monoisotopic (exact) mass is 285 g/mol. The normalized spacial score (nSPS) is 12.8. The quantitative estimate of drug-likeness (QED) is 0.915. The second-order valence-corrected chi connectivity index (χ2v) is 4.18. The van der Waals surface area contributed by atoms with Crippen molar-refractivity contribution in [2.45, 2.75) is 6.10 Å². The molecule has 1 aromatic heterocycles. The fourth-order valence-corrected chi connectivity index (χ4v) is 1.82. The first-order valence-corrected chi connectivity index (χ1v) is 5.37. The van der Waals surface area contributed by atoms with E-state index >= 15 is 0 Å². The second kappa shape index (κ2) is 4.31. The molecule has 0 saturated heterocycles. The largest absolute Gasteiger partial charge is 0.382 e. The summed E-state index contributed by atoms with van der Waals surface area (Å²) in [5.74, 6) is -0.476. The Hall–Kier alpha value is -1.27. The molecule has 2 rings (SSSR count). The summed E-state index contributed by atoms with van der Waals surface area (Å²) < 4.78 is 15.4. The smallest absolute Gasteiger partial charge is 0.143 e. The molecule has 0 amide bonds. The van der Waals surface area contributed by atoms with Gasteiger partial charge in [0.25, 0.3) is 0 Å². The van der Waals surface area contributed by atoms with Crippen LogP contribution in [0.3, 0.4) is 0 Å². The van der Waals surface area contributed by atoms with Crippen LogP contribution in [0.1, 0.15) is 17.4 Å². The van der Waals surface area contributed by atoms with Crippen molar-refractivity contribution >= 4 is 15.9 Å². The highest BCUT2D eigenvalue weighted by Crippen LogP contribution is 2.27. The van der Waals surface area contributed by atoms with E-state index < -0.39 is 11.9 Å². The van der Waals surface area contributed by atoms with Crippen LogP contribution in [0.2, 0.25) is 0 Å². The number of nitrogens with zero attached hydrogens (tertiary/aromatic N) is 3. The van der Waals surface area contributed by atoms with Gasteiger partial charge < -0.3 is 5.11 Å². The first-order chi connectivity index (χ1) is 7.61. The van der Waals surface area contributed by atoms with Crippen molar-refractivity contribution in [3.8, 4) is 0 Å². The van der Waals surface area contributed by atoms with Crippen LogP contribution < -0.4 is 0 Å². The molecule has 2 aromatic rings. The third-order valence-corrected chi connectivity index (χ3v) is 2.92. The van der Waals surface area contributed by atoms with E-state index in [4.69, 9.17) is 0 Å². The van der Waals surface area contributed by atoms with Gasteiger partial charge in [0.05, 0.1) is 16.4 Å². The fourth-order valence-electron chi connectivity index (χ4n) is 1.44. The molecule has 1 unspecified atom stereocenters. The summed E-state index contributed by atoms with van der Waals surface area (Å²) in [6.45, 7) is 0. The average molecular weight is 286 g/mol. The lowest BCUT2D eigenvalue weighted by atomic mass is 10.1. The van der Waals surface area contributed by atoms with Gasteiger partial charge in [-0.05, 0) is 22.0 Å². The Morgan fingerprint density at radius 2 is 2.25 bits per heavy atom. The number of aliphatic hydroxyl groups is 1. The number of rotatable bonds is 2. The van der Waals surface area contributed by atoms with Crippen LogP contribution in [0.5, 0.6) is 0 Å². The van der Waals surface area contributed by atoms with Crippen LogP contribution in [0.4, 0.5) is 4.39 Å². The minimum absolute atomic E-state index is 0.194. The van der Waals surface area contributed by atoms with Gasteiger partial charge in [0.15, 0.2) is 0 Å². The topological polar surface area (TPSA) is 50.9 Å². The van der Waals surface area contributed by atoms with E-state index in [2.05, 4.69) is 26.2 Å². The highest BCUT2D eigenvalue weighted by atomic mass is 79.9. The third kappa shape index (κ3) is 1.85. The zero-order valence-electron chi connectivity index (χ0n) is 8.43. The van der Waals surface area contributed by atoms with Gasteiger partial charge in [-0.15, -0.1) is 5.10 Å². The Morgan fingerprint density at radius 1 is 1.50 bits per heavy atom. The Morgan fingerprint density at radius 3 is 2.88 bits per heavy atom. The SMILES string of the molecule is Cn1nncc1C(O)c1cccc(Br)c1F. The van der Waals surface area contributed by atoms with Crippen molar-refractivity contribution in [1.29, 1.82) is 0 Å². The van der Waals surface area contributed by atoms with Gasteiger partial charge in [0, 0.05) is 12.6 Å². The minimum atomic E-state index is -1.07. The standard InChI is InChI=1S/C10H9BrFN3O/c1-15-8(5-13-14-15)10(16)6-3-2-4-7(11)9(6)12/h2-5,10,16H,1H3. The lowest BCUT2D eigenvalue weighted by molar-refractivity contribution is 0.204. The molecule has 0 fully saturated rings. The summed E-state index contributed by atoms with van der Waals surface area (Å²) in [5.41, 5.74) is 0.636. The van der Waals surface area contributed by atoms with E-state index in [1.807, 2.05) is 0 Å². The highest BCUT2D eigenvalue weighted by molar-refractivity contribution is 9.10. The maximum Gasteiger partial charge on any atom is 0.143 e. The molecule has 1 atom stereocenters. The van der Waals surface area contributed by atoms with Crippen molar-refractivity contribution in [3.05, 3.63) is 45.9 Å². The van der Waals surface area contributed by atoms with E-state index in [0.29, 0.717) is 10.2 Å². The Labute approximate surface area is 99.8 Å². The molecule has 0 aliphatic carbocycles. The number of aryl methyl sites for hydroxylation is 1. The molecule has 1 heterocycles. The van der Waals surface area contributed by atoms with Crippen molar-refractivity contribution in [1.82, 2.24) is 15.0 Å². The zero-order valence-corrected chi connectivity index (χ0v) is 10.0. The number of aliphatic hydroxyl groups excluding tert-OH is 1. The maximum atomic E-state index is 13.7. The van der Waals surface area contributed by atoms with Gasteiger partial charge in [-0.3, -0.25) is 0 Å². The van der Waals surface area contributed by atoms with Crippen molar-refractivity contribution in [2.24, 2.45) is 7.05 Å². The molecular weight excluding hydrogens is 277 g/mol. The highest BCUT2D eigenvalue weighted by Gasteiger charge is 2.19. The number of hydrogen-bond donors (Lipinski definition) is 1. The molecule has 1 N–H and O–H groups in total. The van der Waals surface area contributed by atoms with E-state index in [9.17, 15) is 9.50 Å². The summed E-state index contributed by atoms with van der Waals surface area (Å²) >= 11 is 3.07. The molecule has 0 spiro atoms. The van der Waals surface area contributed by atoms with Crippen LogP contribution in [-0.4, -0.2) is 20.1 Å². The summed E-state index contributed by atoms with van der Waals surface area (Å²) in [7, 11) is 1.64. The predicted octanol–water partition coefficient (Wildman–Crippen LogP) is 1.80. The predicted molar refractivity (Wildman–Crippen MR) is 59.2 cm³/mol. The van der Waals surface area contributed by atoms with Crippen LogP contribution in [-0.2, 0) is 7.05 Å². The van der Waals surface area contributed by atoms with Gasteiger partial charge in [-0.2, -0.15) is 0 Å². The molecule has 0 aliphatic rings. The van der Waals surface area contributed by atoms with Crippen LogP contribution >= 0.6 is 15.9 Å². The molecule has 0 radical (unpaired) electrons. The Kier molecular flexibility index (Phi) is 3.02. The molecule has 0 bridgehead atoms. The zero-order chi connectivity index (χ0) is 11.7. The summed E-state index contributed by atoms with van der Waals surface area (Å²) in [6.07, 6.45) is 0.336. The minimum Gasteiger partial charge on any atom is -0.382 e. The molecule has 84 valence electrons. The lowest BCUT2D eigenvalue weighted by Crippen LogP contribution is -2.08. The number of halogens is 2. The first-order valence-electron chi connectivity index (χ1n) is 4.58. The van der Waals surface area contributed by atoms with Gasteiger partial charge in [0.2, 0.25) is 0 Å². The van der Waals surface area contributed by atoms with Crippen molar-refractivity contribution < 1.29 is 9.50 Å². The molecule has 4 nitrogen and oxygen atoms in total. The van der Waals surface area contributed by atoms with E-state index in [1.54, 1.807) is 19.2 Å². The van der Waals surface area contributed by atoms with Crippen LogP contribution in [0.15, 0.2) is 28.9 Å². The maximum absolute atomic E-state index is 13.7. The summed E-state index contributed by atoms with van der Waals surface area (Å²) in [6, 6.07) is 4.76. The van der Waals surface area contributed by atoms with Crippen molar-refractivity contribution in [2.75, 3.05) is 0 Å². The van der Waals surface area contributed by atoms with Gasteiger partial charge in [-0.1, -0.05) is 17.3 Å². The van der Waals surface area contributed by atoms with Gasteiger partial charge >= 0.3 is 0 Å². The lowest BCUT2D eigenvalue weighted by Gasteiger charge is -2.12. The third-order valence-electron chi connectivity index (χ3n) is 2.31. The number of aromatic nitrogens is 3. The molecule has 1 aromatic carbocycles. The van der Waals surface area contributed by atoms with Crippen LogP contribution in [0.25, 0.3) is 0 Å². The van der Waals surface area contributed by atoms with Gasteiger partial charge in [0.1, 0.15) is 11.9 Å². The Bertz CT molecular complexity index is 515. The number of hydrogen-bond acceptors (Lipinski definition) is 3. The van der Waals surface area contributed by atoms with E-state index in [-0.39, 0.29) is 5.56 Å². The Balaban J connectivity index is 2.46. The van der Waals surface area contributed by atoms with Crippen molar-refractivity contribution in [3.63, 3.8) is 0 Å². The molecule has 0 aliphatic heterocycles. The summed E-state index contributed by atoms with van der Waals surface area (Å²) in [4.78, 5) is 0. The second-order valence-electron chi connectivity index (χ2n) is 3.33. The average Bonchev–Trinajstić information content (AvgIpc) is 2.68. The molecule has 0 saturated carbocycles. The molecular formula is C10H9BrFN3O. The number of benzene rings is 1. The fraction of sp³-hybridized carbons (Fsp3) is 0.200. The molecule has 6 heteroatoms. The van der Waals surface area contributed by atoms with E-state index in [1.165, 1.54) is 16.9 Å².